The topological polar surface area (TPSA) is 122 Å². The Morgan fingerprint density at radius 1 is 1.32 bits per heavy atom. The third-order valence-electron chi connectivity index (χ3n) is 4.17. The molecule has 0 aliphatic carbocycles. The standard InChI is InChI=1S/C16H14FN7O3S/c1-10-19-21-22-24(10)11-4-5-13(17)14(9-11)18-16(25)12-3-2-6-23-7-8-28(26,27)20-15(12)23/h2-6,9H,7-8H2,1H3,(H,18,25). The second-order valence-corrected chi connectivity index (χ2v) is 7.83. The monoisotopic (exact) mass is 403 g/mol. The smallest absolute Gasteiger partial charge is 0.259 e. The number of anilines is 1. The highest BCUT2D eigenvalue weighted by atomic mass is 32.2. The number of nitrogens with one attached hydrogen (secondary N) is 1. The Labute approximate surface area is 159 Å². The van der Waals surface area contributed by atoms with Crippen molar-refractivity contribution < 1.29 is 17.6 Å². The third kappa shape index (κ3) is 3.29. The Kier molecular flexibility index (Phi) is 4.26. The maximum absolute atomic E-state index is 14.2. The van der Waals surface area contributed by atoms with E-state index in [0.717, 1.165) is 0 Å². The second-order valence-electron chi connectivity index (χ2n) is 6.07. The van der Waals surface area contributed by atoms with E-state index in [1.165, 1.54) is 29.0 Å². The summed E-state index contributed by atoms with van der Waals surface area (Å²) in [6, 6.07) is 4.03. The van der Waals surface area contributed by atoms with Gasteiger partial charge < -0.3 is 10.2 Å². The molecule has 0 saturated heterocycles. The number of hydrogen-bond acceptors (Lipinski definition) is 7. The zero-order valence-corrected chi connectivity index (χ0v) is 15.4. The summed E-state index contributed by atoms with van der Waals surface area (Å²) in [5, 5.41) is 13.6. The van der Waals surface area contributed by atoms with Crippen molar-refractivity contribution in [2.24, 2.45) is 4.40 Å². The summed E-state index contributed by atoms with van der Waals surface area (Å²) < 4.78 is 42.9. The fraction of sp³-hybridized carbons (Fsp3) is 0.188. The Balaban J connectivity index is 1.65. The van der Waals surface area contributed by atoms with Crippen LogP contribution in [0.25, 0.3) is 5.69 Å². The molecule has 2 aliphatic rings. The van der Waals surface area contributed by atoms with Crippen LogP contribution in [-0.2, 0) is 14.8 Å². The molecule has 1 amide bonds. The van der Waals surface area contributed by atoms with Crippen LogP contribution in [0.4, 0.5) is 10.1 Å². The highest BCUT2D eigenvalue weighted by Gasteiger charge is 2.30. The van der Waals surface area contributed by atoms with Gasteiger partial charge in [-0.2, -0.15) is 4.68 Å². The molecule has 1 aromatic heterocycles. The van der Waals surface area contributed by atoms with Crippen molar-refractivity contribution >= 4 is 27.5 Å². The number of rotatable bonds is 3. The minimum Gasteiger partial charge on any atom is -0.331 e. The van der Waals surface area contributed by atoms with Gasteiger partial charge in [-0.1, -0.05) is 0 Å². The van der Waals surface area contributed by atoms with Gasteiger partial charge in [0.2, 0.25) is 0 Å². The van der Waals surface area contributed by atoms with Gasteiger partial charge in [-0.3, -0.25) is 4.79 Å². The molecule has 4 rings (SSSR count). The fourth-order valence-corrected chi connectivity index (χ4v) is 3.78. The van der Waals surface area contributed by atoms with Crippen LogP contribution in [0.1, 0.15) is 5.82 Å². The van der Waals surface area contributed by atoms with Crippen molar-refractivity contribution in [3.05, 3.63) is 53.8 Å². The number of tetrazole rings is 1. The number of halogens is 1. The van der Waals surface area contributed by atoms with E-state index in [9.17, 15) is 17.6 Å². The summed E-state index contributed by atoms with van der Waals surface area (Å²) in [7, 11) is -3.65. The van der Waals surface area contributed by atoms with Crippen LogP contribution in [0.5, 0.6) is 0 Å². The minimum atomic E-state index is -3.65. The lowest BCUT2D eigenvalue weighted by Crippen LogP contribution is -2.40. The molecule has 0 unspecified atom stereocenters. The van der Waals surface area contributed by atoms with E-state index >= 15 is 0 Å². The molecule has 1 aromatic carbocycles. The number of carbonyl (C=O) groups excluding carboxylic acids is 1. The first-order valence-electron chi connectivity index (χ1n) is 8.18. The Morgan fingerprint density at radius 3 is 2.89 bits per heavy atom. The molecule has 0 spiro atoms. The minimum absolute atomic E-state index is 0.0131. The SMILES string of the molecule is Cc1nnnn1-c1ccc(F)c(NC(=O)C2=CC=CN3CCS(=O)(=O)N=C23)c1. The molecule has 0 saturated carbocycles. The number of aromatic nitrogens is 4. The first-order valence-corrected chi connectivity index (χ1v) is 9.79. The van der Waals surface area contributed by atoms with Gasteiger partial charge in [0.05, 0.1) is 22.7 Å². The molecular formula is C16H14FN7O3S. The molecule has 2 aliphatic heterocycles. The summed E-state index contributed by atoms with van der Waals surface area (Å²) in [5.41, 5.74) is 0.379. The summed E-state index contributed by atoms with van der Waals surface area (Å²) in [4.78, 5) is 14.3. The van der Waals surface area contributed by atoms with Crippen LogP contribution in [0.3, 0.4) is 0 Å². The van der Waals surface area contributed by atoms with E-state index in [-0.39, 0.29) is 29.4 Å². The number of allylic oxidation sites excluding steroid dienone is 2. The van der Waals surface area contributed by atoms with Crippen molar-refractivity contribution in [2.45, 2.75) is 6.92 Å². The van der Waals surface area contributed by atoms with Crippen molar-refractivity contribution in [2.75, 3.05) is 17.6 Å². The summed E-state index contributed by atoms with van der Waals surface area (Å²) in [5.74, 6) is -0.988. The lowest BCUT2D eigenvalue weighted by molar-refractivity contribution is -0.112. The van der Waals surface area contributed by atoms with E-state index in [1.54, 1.807) is 24.1 Å². The predicted molar refractivity (Wildman–Crippen MR) is 97.6 cm³/mol. The van der Waals surface area contributed by atoms with E-state index in [4.69, 9.17) is 0 Å². The van der Waals surface area contributed by atoms with Gasteiger partial charge in [0, 0.05) is 12.7 Å². The fourth-order valence-electron chi connectivity index (χ4n) is 2.79. The van der Waals surface area contributed by atoms with Gasteiger partial charge in [-0.25, -0.2) is 12.8 Å². The molecule has 28 heavy (non-hydrogen) atoms. The van der Waals surface area contributed by atoms with Gasteiger partial charge in [0.15, 0.2) is 11.7 Å². The Bertz CT molecular complexity index is 1170. The van der Waals surface area contributed by atoms with Gasteiger partial charge in [0.25, 0.3) is 15.9 Å². The molecule has 0 atom stereocenters. The highest BCUT2D eigenvalue weighted by molar-refractivity contribution is 7.90. The molecule has 3 heterocycles. The number of sulfonamides is 1. The molecule has 1 N–H and O–H groups in total. The van der Waals surface area contributed by atoms with E-state index in [2.05, 4.69) is 25.2 Å². The maximum Gasteiger partial charge on any atom is 0.259 e. The number of fused-ring (bicyclic) bond motifs is 1. The number of carbonyl (C=O) groups is 1. The van der Waals surface area contributed by atoms with Crippen molar-refractivity contribution in [1.29, 1.82) is 0 Å². The first-order chi connectivity index (χ1) is 13.3. The molecule has 0 radical (unpaired) electrons. The Morgan fingerprint density at radius 2 is 2.14 bits per heavy atom. The quantitative estimate of drug-likeness (QED) is 0.794. The molecule has 0 bridgehead atoms. The average molecular weight is 403 g/mol. The largest absolute Gasteiger partial charge is 0.331 e. The number of amidine groups is 1. The van der Waals surface area contributed by atoms with Crippen molar-refractivity contribution in [1.82, 2.24) is 25.1 Å². The van der Waals surface area contributed by atoms with Crippen molar-refractivity contribution in [3.63, 3.8) is 0 Å². The lowest BCUT2D eigenvalue weighted by atomic mass is 10.1. The number of hydrogen-bond donors (Lipinski definition) is 1. The zero-order valence-electron chi connectivity index (χ0n) is 14.6. The van der Waals surface area contributed by atoms with Crippen LogP contribution in [0, 0.1) is 12.7 Å². The lowest BCUT2D eigenvalue weighted by Gasteiger charge is -2.28. The van der Waals surface area contributed by atoms with Crippen LogP contribution in [-0.4, -0.2) is 57.6 Å². The Hall–Kier alpha value is -3.41. The van der Waals surface area contributed by atoms with Crippen LogP contribution < -0.4 is 5.32 Å². The summed E-state index contributed by atoms with van der Waals surface area (Å²) >= 11 is 0. The van der Waals surface area contributed by atoms with Gasteiger partial charge in [-0.15, -0.1) is 9.50 Å². The van der Waals surface area contributed by atoms with Gasteiger partial charge in [-0.05, 0) is 47.7 Å². The molecule has 10 nitrogen and oxygen atoms in total. The average Bonchev–Trinajstić information content (AvgIpc) is 3.08. The molecule has 144 valence electrons. The number of benzene rings is 1. The van der Waals surface area contributed by atoms with Crippen molar-refractivity contribution in [3.8, 4) is 5.69 Å². The molecule has 12 heteroatoms. The molecular weight excluding hydrogens is 389 g/mol. The predicted octanol–water partition coefficient (Wildman–Crippen LogP) is 0.546. The van der Waals surface area contributed by atoms with Crippen LogP contribution in [0.2, 0.25) is 0 Å². The molecule has 2 aromatic rings. The first kappa shape index (κ1) is 18.0. The number of aryl methyl sites for hydroxylation is 1. The summed E-state index contributed by atoms with van der Waals surface area (Å²) in [6.07, 6.45) is 4.66. The normalized spacial score (nSPS) is 17.6. The van der Waals surface area contributed by atoms with E-state index < -0.39 is 21.7 Å². The molecule has 0 fully saturated rings. The highest BCUT2D eigenvalue weighted by Crippen LogP contribution is 2.22. The zero-order chi connectivity index (χ0) is 19.9. The number of nitrogens with zero attached hydrogens (tertiary/aromatic N) is 6. The van der Waals surface area contributed by atoms with Gasteiger partial charge >= 0.3 is 0 Å². The maximum atomic E-state index is 14.2. The van der Waals surface area contributed by atoms with E-state index in [1.807, 2.05) is 0 Å². The van der Waals surface area contributed by atoms with Crippen LogP contribution >= 0.6 is 0 Å². The van der Waals surface area contributed by atoms with E-state index in [0.29, 0.717) is 11.5 Å². The number of amides is 1. The summed E-state index contributed by atoms with van der Waals surface area (Å²) in [6.45, 7) is 1.86. The van der Waals surface area contributed by atoms with Gasteiger partial charge in [0.1, 0.15) is 5.82 Å². The second kappa shape index (κ2) is 6.64. The third-order valence-corrected chi connectivity index (χ3v) is 5.32. The van der Waals surface area contributed by atoms with Crippen LogP contribution in [0.15, 0.2) is 46.5 Å².